The molecular weight excluding hydrogens is 349 g/mol. The van der Waals surface area contributed by atoms with E-state index in [0.717, 1.165) is 10.1 Å². The highest BCUT2D eigenvalue weighted by atomic mass is 35.5. The first kappa shape index (κ1) is 16.5. The Balaban J connectivity index is 1.90. The van der Waals surface area contributed by atoms with Gasteiger partial charge in [-0.2, -0.15) is 5.10 Å². The van der Waals surface area contributed by atoms with Crippen LogP contribution in [0, 0.1) is 6.92 Å². The van der Waals surface area contributed by atoms with Crippen LogP contribution in [0.3, 0.4) is 0 Å². The van der Waals surface area contributed by atoms with Gasteiger partial charge < -0.3 is 5.32 Å². The number of carbonyl (C=O) groups excluding carboxylic acids is 1. The van der Waals surface area contributed by atoms with Crippen molar-refractivity contribution in [1.82, 2.24) is 9.78 Å². The van der Waals surface area contributed by atoms with Gasteiger partial charge in [0.1, 0.15) is 6.54 Å². The number of hydrogen-bond donors (Lipinski definition) is 1. The van der Waals surface area contributed by atoms with Crippen molar-refractivity contribution >= 4 is 45.6 Å². The Morgan fingerprint density at radius 3 is 2.62 bits per heavy atom. The van der Waals surface area contributed by atoms with Gasteiger partial charge in [-0.05, 0) is 31.2 Å². The monoisotopic (exact) mass is 361 g/mol. The molecule has 5 nitrogen and oxygen atoms in total. The van der Waals surface area contributed by atoms with E-state index in [4.69, 9.17) is 23.2 Å². The van der Waals surface area contributed by atoms with E-state index >= 15 is 0 Å². The molecule has 0 bridgehead atoms. The molecule has 0 saturated carbocycles. The van der Waals surface area contributed by atoms with Crippen LogP contribution in [-0.2, 0) is 11.3 Å². The average Bonchev–Trinajstić information content (AvgIpc) is 2.56. The fourth-order valence-electron chi connectivity index (χ4n) is 2.43. The highest BCUT2D eigenvalue weighted by Crippen LogP contribution is 2.25. The van der Waals surface area contributed by atoms with Crippen molar-refractivity contribution < 1.29 is 4.79 Å². The van der Waals surface area contributed by atoms with E-state index in [1.807, 2.05) is 12.1 Å². The smallest absolute Gasteiger partial charge is 0.275 e. The van der Waals surface area contributed by atoms with Crippen molar-refractivity contribution in [1.29, 1.82) is 0 Å². The van der Waals surface area contributed by atoms with E-state index in [1.165, 1.54) is 0 Å². The maximum absolute atomic E-state index is 12.5. The standard InChI is InChI=1S/C17H13Cl2N3O2/c1-10-12-4-2-3-5-13(12)17(24)22(21-10)9-16(23)20-15-8-11(18)6-7-14(15)19/h2-8H,9H2,1H3,(H,20,23). The van der Waals surface area contributed by atoms with E-state index in [9.17, 15) is 9.59 Å². The maximum atomic E-state index is 12.5. The molecule has 0 aliphatic carbocycles. The molecule has 0 fully saturated rings. The van der Waals surface area contributed by atoms with E-state index in [1.54, 1.807) is 37.3 Å². The lowest BCUT2D eigenvalue weighted by Gasteiger charge is -2.10. The summed E-state index contributed by atoms with van der Waals surface area (Å²) in [7, 11) is 0. The molecule has 1 heterocycles. The largest absolute Gasteiger partial charge is 0.323 e. The van der Waals surface area contributed by atoms with Crippen LogP contribution in [-0.4, -0.2) is 15.7 Å². The molecule has 24 heavy (non-hydrogen) atoms. The van der Waals surface area contributed by atoms with Crippen molar-refractivity contribution in [3.8, 4) is 0 Å². The number of nitrogens with one attached hydrogen (secondary N) is 1. The highest BCUT2D eigenvalue weighted by Gasteiger charge is 2.12. The number of aryl methyl sites for hydroxylation is 1. The number of halogens is 2. The average molecular weight is 362 g/mol. The Morgan fingerprint density at radius 1 is 1.17 bits per heavy atom. The van der Waals surface area contributed by atoms with Crippen LogP contribution in [0.5, 0.6) is 0 Å². The number of anilines is 1. The van der Waals surface area contributed by atoms with Crippen molar-refractivity contribution in [3.63, 3.8) is 0 Å². The SMILES string of the molecule is Cc1nn(CC(=O)Nc2cc(Cl)ccc2Cl)c(=O)c2ccccc12. The third-order valence-electron chi connectivity index (χ3n) is 3.55. The van der Waals surface area contributed by atoms with Gasteiger partial charge in [-0.1, -0.05) is 41.4 Å². The Hall–Kier alpha value is -2.37. The van der Waals surface area contributed by atoms with Crippen LogP contribution in [0.2, 0.25) is 10.0 Å². The number of benzene rings is 2. The van der Waals surface area contributed by atoms with Gasteiger partial charge in [0.25, 0.3) is 5.56 Å². The molecule has 0 unspecified atom stereocenters. The lowest BCUT2D eigenvalue weighted by atomic mass is 10.1. The molecule has 0 aliphatic heterocycles. The molecular formula is C17H13Cl2N3O2. The first-order valence-electron chi connectivity index (χ1n) is 7.17. The molecule has 1 amide bonds. The van der Waals surface area contributed by atoms with Crippen molar-refractivity contribution in [2.75, 3.05) is 5.32 Å². The fraction of sp³-hybridized carbons (Fsp3) is 0.118. The van der Waals surface area contributed by atoms with Crippen LogP contribution in [0.15, 0.2) is 47.3 Å². The summed E-state index contributed by atoms with van der Waals surface area (Å²) in [6.07, 6.45) is 0. The van der Waals surface area contributed by atoms with Crippen molar-refractivity contribution in [3.05, 3.63) is 68.6 Å². The minimum absolute atomic E-state index is 0.215. The van der Waals surface area contributed by atoms with Crippen LogP contribution in [0.25, 0.3) is 10.8 Å². The van der Waals surface area contributed by atoms with Crippen LogP contribution >= 0.6 is 23.2 Å². The lowest BCUT2D eigenvalue weighted by Crippen LogP contribution is -2.30. The van der Waals surface area contributed by atoms with Gasteiger partial charge in [-0.25, -0.2) is 4.68 Å². The number of hydrogen-bond acceptors (Lipinski definition) is 3. The predicted molar refractivity (Wildman–Crippen MR) is 95.8 cm³/mol. The summed E-state index contributed by atoms with van der Waals surface area (Å²) in [5.74, 6) is -0.413. The predicted octanol–water partition coefficient (Wildman–Crippen LogP) is 3.65. The zero-order chi connectivity index (χ0) is 17.3. The topological polar surface area (TPSA) is 64.0 Å². The molecule has 1 N–H and O–H groups in total. The number of rotatable bonds is 3. The molecule has 7 heteroatoms. The molecule has 1 aromatic heterocycles. The van der Waals surface area contributed by atoms with Gasteiger partial charge in [0.15, 0.2) is 0 Å². The molecule has 3 rings (SSSR count). The lowest BCUT2D eigenvalue weighted by molar-refractivity contribution is -0.117. The van der Waals surface area contributed by atoms with Crippen molar-refractivity contribution in [2.24, 2.45) is 0 Å². The van der Waals surface area contributed by atoms with Crippen LogP contribution in [0.4, 0.5) is 5.69 Å². The first-order valence-corrected chi connectivity index (χ1v) is 7.92. The van der Waals surface area contributed by atoms with Gasteiger partial charge in [-0.3, -0.25) is 9.59 Å². The Bertz CT molecular complexity index is 999. The summed E-state index contributed by atoms with van der Waals surface area (Å²) in [5.41, 5.74) is 0.752. The molecule has 0 saturated heterocycles. The third-order valence-corrected chi connectivity index (χ3v) is 4.11. The van der Waals surface area contributed by atoms with E-state index in [-0.39, 0.29) is 12.1 Å². The second-order valence-electron chi connectivity index (χ2n) is 5.27. The summed E-state index contributed by atoms with van der Waals surface area (Å²) >= 11 is 11.9. The summed E-state index contributed by atoms with van der Waals surface area (Å²) in [4.78, 5) is 24.7. The van der Waals surface area contributed by atoms with E-state index in [0.29, 0.717) is 26.8 Å². The Labute approximate surface area is 147 Å². The van der Waals surface area contributed by atoms with Gasteiger partial charge in [0, 0.05) is 10.4 Å². The summed E-state index contributed by atoms with van der Waals surface area (Å²) in [6, 6.07) is 11.9. The molecule has 122 valence electrons. The van der Waals surface area contributed by atoms with Crippen molar-refractivity contribution in [2.45, 2.75) is 13.5 Å². The molecule has 2 aromatic carbocycles. The van der Waals surface area contributed by atoms with E-state index in [2.05, 4.69) is 10.4 Å². The summed E-state index contributed by atoms with van der Waals surface area (Å²) in [5, 5.41) is 8.96. The summed E-state index contributed by atoms with van der Waals surface area (Å²) in [6.45, 7) is 1.58. The number of nitrogens with zero attached hydrogens (tertiary/aromatic N) is 2. The Morgan fingerprint density at radius 2 is 1.88 bits per heavy atom. The molecule has 3 aromatic rings. The number of fused-ring (bicyclic) bond motifs is 1. The number of aromatic nitrogens is 2. The normalized spacial score (nSPS) is 10.8. The quantitative estimate of drug-likeness (QED) is 0.774. The third kappa shape index (κ3) is 3.27. The van der Waals surface area contributed by atoms with Gasteiger partial charge in [-0.15, -0.1) is 0 Å². The highest BCUT2D eigenvalue weighted by molar-refractivity contribution is 6.35. The second kappa shape index (κ2) is 6.63. The van der Waals surface area contributed by atoms with Crippen LogP contribution < -0.4 is 10.9 Å². The van der Waals surface area contributed by atoms with E-state index < -0.39 is 5.91 Å². The summed E-state index contributed by atoms with van der Waals surface area (Å²) < 4.78 is 1.14. The second-order valence-corrected chi connectivity index (χ2v) is 6.11. The van der Waals surface area contributed by atoms with Crippen LogP contribution in [0.1, 0.15) is 5.69 Å². The fourth-order valence-corrected chi connectivity index (χ4v) is 2.77. The Kier molecular flexibility index (Phi) is 4.55. The molecule has 0 spiro atoms. The molecule has 0 aliphatic rings. The molecule has 0 atom stereocenters. The minimum atomic E-state index is -0.413. The molecule has 0 radical (unpaired) electrons. The minimum Gasteiger partial charge on any atom is -0.323 e. The first-order chi connectivity index (χ1) is 11.5. The maximum Gasteiger partial charge on any atom is 0.275 e. The zero-order valence-electron chi connectivity index (χ0n) is 12.7. The number of carbonyl (C=O) groups is 1. The van der Waals surface area contributed by atoms with Gasteiger partial charge in [0.2, 0.25) is 5.91 Å². The van der Waals surface area contributed by atoms with Gasteiger partial charge >= 0.3 is 0 Å². The zero-order valence-corrected chi connectivity index (χ0v) is 14.2. The van der Waals surface area contributed by atoms with Gasteiger partial charge in [0.05, 0.1) is 21.8 Å². The number of amides is 1.